The van der Waals surface area contributed by atoms with Crippen LogP contribution in [0.3, 0.4) is 0 Å². The molecule has 2 N–H and O–H groups in total. The number of aliphatic hydroxyl groups is 1. The van der Waals surface area contributed by atoms with Gasteiger partial charge in [0.1, 0.15) is 39.8 Å². The number of nitrogens with zero attached hydrogens (tertiary/aromatic N) is 3. The fraction of sp³-hybridized carbons (Fsp3) is 0.345. The maximum atomic E-state index is 12.6. The summed E-state index contributed by atoms with van der Waals surface area (Å²) in [6, 6.07) is 14.4. The molecular weight excluding hydrogens is 502 g/mol. The molecule has 0 spiro atoms. The molecule has 200 valence electrons. The third-order valence-corrected chi connectivity index (χ3v) is 7.38. The van der Waals surface area contributed by atoms with Gasteiger partial charge in [-0.05, 0) is 65.9 Å². The normalized spacial score (nSPS) is 12.2. The molecule has 0 radical (unpaired) electrons. The minimum atomic E-state index is -0.117. The van der Waals surface area contributed by atoms with Crippen LogP contribution < -0.4 is 9.47 Å². The minimum absolute atomic E-state index is 0.0140. The molecule has 0 saturated carbocycles. The van der Waals surface area contributed by atoms with Crippen LogP contribution in [0.4, 0.5) is 0 Å². The number of methoxy groups -OCH3 is 2. The summed E-state index contributed by atoms with van der Waals surface area (Å²) in [7, 11) is 3.16. The Balaban J connectivity index is 1.57. The first-order valence-corrected chi connectivity index (χ1v) is 13.3. The number of ether oxygens (including phenoxy) is 2. The van der Waals surface area contributed by atoms with Gasteiger partial charge < -0.3 is 19.7 Å². The Kier molecular flexibility index (Phi) is 8.58. The summed E-state index contributed by atoms with van der Waals surface area (Å²) >= 11 is 1.46. The highest BCUT2D eigenvalue weighted by molar-refractivity contribution is 7.99. The van der Waals surface area contributed by atoms with Crippen LogP contribution in [-0.4, -0.2) is 45.2 Å². The topological polar surface area (TPSA) is 107 Å². The van der Waals surface area contributed by atoms with Crippen LogP contribution in [0.15, 0.2) is 58.3 Å². The summed E-state index contributed by atoms with van der Waals surface area (Å²) in [4.78, 5) is 15.6. The Morgan fingerprint density at radius 1 is 0.947 bits per heavy atom. The summed E-state index contributed by atoms with van der Waals surface area (Å²) in [5, 5.41) is 29.3. The monoisotopic (exact) mass is 535 g/mol. The van der Waals surface area contributed by atoms with E-state index in [1.807, 2.05) is 31.2 Å². The zero-order chi connectivity index (χ0) is 27.4. The fourth-order valence-electron chi connectivity index (χ4n) is 4.37. The number of carbonyl (C=O) groups is 1. The number of fused-ring (bicyclic) bond motifs is 1. The summed E-state index contributed by atoms with van der Waals surface area (Å²) < 4.78 is 11.1. The largest absolute Gasteiger partial charge is 0.506 e. The number of benzene rings is 3. The highest BCUT2D eigenvalue weighted by Gasteiger charge is 2.18. The number of phenols is 1. The molecule has 9 heteroatoms. The highest BCUT2D eigenvalue weighted by Crippen LogP contribution is 2.43. The molecule has 4 rings (SSSR count). The van der Waals surface area contributed by atoms with Crippen LogP contribution in [0, 0.1) is 11.8 Å². The third kappa shape index (κ3) is 6.11. The summed E-state index contributed by atoms with van der Waals surface area (Å²) in [6.07, 6.45) is 1.13. The van der Waals surface area contributed by atoms with E-state index < -0.39 is 0 Å². The molecule has 1 unspecified atom stereocenters. The molecule has 0 fully saturated rings. The van der Waals surface area contributed by atoms with Crippen molar-refractivity contribution >= 4 is 28.6 Å². The van der Waals surface area contributed by atoms with Gasteiger partial charge in [-0.25, -0.2) is 0 Å². The van der Waals surface area contributed by atoms with Gasteiger partial charge in [0, 0.05) is 17.2 Å². The average Bonchev–Trinajstić information content (AvgIpc) is 3.31. The van der Waals surface area contributed by atoms with E-state index in [2.05, 4.69) is 24.0 Å². The predicted octanol–water partition coefficient (Wildman–Crippen LogP) is 5.58. The molecule has 3 aromatic carbocycles. The number of ketones is 1. The molecular formula is C29H33N3O5S. The van der Waals surface area contributed by atoms with Gasteiger partial charge in [0.2, 0.25) is 0 Å². The van der Waals surface area contributed by atoms with Crippen molar-refractivity contribution in [3.8, 4) is 22.9 Å². The molecule has 1 aromatic heterocycles. The van der Waals surface area contributed by atoms with E-state index >= 15 is 0 Å². The zero-order valence-corrected chi connectivity index (χ0v) is 23.1. The lowest BCUT2D eigenvalue weighted by atomic mass is 9.91. The van der Waals surface area contributed by atoms with E-state index in [0.29, 0.717) is 39.7 Å². The number of aromatic hydroxyl groups is 1. The van der Waals surface area contributed by atoms with Crippen molar-refractivity contribution in [2.24, 2.45) is 11.8 Å². The first-order chi connectivity index (χ1) is 18.2. The Hall–Kier alpha value is -3.56. The second kappa shape index (κ2) is 11.9. The smallest absolute Gasteiger partial charge is 0.143 e. The van der Waals surface area contributed by atoms with E-state index in [1.165, 1.54) is 16.6 Å². The SMILES string of the molecule is COc1cc(CO)cc(OC)c1Sc1ccc2nn(-c3ccc(CC(=O)C(C)CC(C)C)cc3O)nc2c1. The van der Waals surface area contributed by atoms with Gasteiger partial charge in [-0.1, -0.05) is 38.6 Å². The standard InChI is InChI=1S/C29H33N3O5S/c1-17(2)10-18(3)25(34)11-19-6-9-24(26(35)12-19)32-30-22-8-7-21(15-23(22)31-32)38-29-27(36-4)13-20(16-33)14-28(29)37-5/h6-9,12-15,17-18,33,35H,10-11,16H2,1-5H3. The average molecular weight is 536 g/mol. The number of rotatable bonds is 11. The molecule has 0 saturated heterocycles. The van der Waals surface area contributed by atoms with Crippen molar-refractivity contribution in [1.29, 1.82) is 0 Å². The highest BCUT2D eigenvalue weighted by atomic mass is 32.2. The number of hydrogen-bond donors (Lipinski definition) is 2. The first-order valence-electron chi connectivity index (χ1n) is 12.5. The molecule has 1 atom stereocenters. The van der Waals surface area contributed by atoms with Crippen LogP contribution in [0.2, 0.25) is 0 Å². The number of aliphatic hydroxyl groups excluding tert-OH is 1. The number of carbonyl (C=O) groups excluding carboxylic acids is 1. The van der Waals surface area contributed by atoms with Crippen LogP contribution in [0.5, 0.6) is 17.2 Å². The quantitative estimate of drug-likeness (QED) is 0.256. The summed E-state index contributed by atoms with van der Waals surface area (Å²) in [5.41, 5.74) is 3.22. The van der Waals surface area contributed by atoms with Gasteiger partial charge >= 0.3 is 0 Å². The van der Waals surface area contributed by atoms with Crippen LogP contribution >= 0.6 is 11.8 Å². The second-order valence-electron chi connectivity index (χ2n) is 9.73. The maximum Gasteiger partial charge on any atom is 0.143 e. The van der Waals surface area contributed by atoms with Gasteiger partial charge in [0.05, 0.1) is 25.7 Å². The Bertz CT molecular complexity index is 1420. The minimum Gasteiger partial charge on any atom is -0.506 e. The van der Waals surface area contributed by atoms with E-state index in [-0.39, 0.29) is 30.5 Å². The van der Waals surface area contributed by atoms with Gasteiger partial charge in [0.15, 0.2) is 0 Å². The lowest BCUT2D eigenvalue weighted by Gasteiger charge is -2.14. The van der Waals surface area contributed by atoms with Gasteiger partial charge in [-0.2, -0.15) is 0 Å². The molecule has 0 aliphatic heterocycles. The Morgan fingerprint density at radius 3 is 2.24 bits per heavy atom. The Morgan fingerprint density at radius 2 is 1.63 bits per heavy atom. The fourth-order valence-corrected chi connectivity index (χ4v) is 5.40. The van der Waals surface area contributed by atoms with Crippen LogP contribution in [0.25, 0.3) is 16.7 Å². The number of phenolic OH excluding ortho intramolecular Hbond substituents is 1. The van der Waals surface area contributed by atoms with Crippen molar-refractivity contribution in [1.82, 2.24) is 15.0 Å². The van der Waals surface area contributed by atoms with E-state index in [9.17, 15) is 15.0 Å². The van der Waals surface area contributed by atoms with Crippen LogP contribution in [0.1, 0.15) is 38.3 Å². The van der Waals surface area contributed by atoms with Gasteiger partial charge in [-0.3, -0.25) is 4.79 Å². The summed E-state index contributed by atoms with van der Waals surface area (Å²) in [5.74, 6) is 1.82. The number of Topliss-reactive ketones (excluding diaryl/α,β-unsaturated/α-hetero) is 1. The van der Waals surface area contributed by atoms with Crippen molar-refractivity contribution < 1.29 is 24.5 Å². The molecule has 0 aliphatic carbocycles. The van der Waals surface area contributed by atoms with Crippen molar-refractivity contribution in [2.45, 2.75) is 50.0 Å². The lowest BCUT2D eigenvalue weighted by Crippen LogP contribution is -2.15. The first kappa shape index (κ1) is 27.5. The molecule has 0 amide bonds. The van der Waals surface area contributed by atoms with Gasteiger partial charge in [-0.15, -0.1) is 15.0 Å². The molecule has 38 heavy (non-hydrogen) atoms. The molecule has 0 aliphatic rings. The molecule has 0 bridgehead atoms. The van der Waals surface area contributed by atoms with E-state index in [0.717, 1.165) is 21.8 Å². The number of hydrogen-bond acceptors (Lipinski definition) is 8. The van der Waals surface area contributed by atoms with E-state index in [4.69, 9.17) is 9.47 Å². The molecule has 4 aromatic rings. The van der Waals surface area contributed by atoms with Crippen molar-refractivity contribution in [3.63, 3.8) is 0 Å². The van der Waals surface area contributed by atoms with Crippen molar-refractivity contribution in [2.75, 3.05) is 14.2 Å². The Labute approximate surface area is 226 Å². The molecule has 1 heterocycles. The van der Waals surface area contributed by atoms with E-state index in [1.54, 1.807) is 38.5 Å². The maximum absolute atomic E-state index is 12.6. The summed E-state index contributed by atoms with van der Waals surface area (Å²) in [6.45, 7) is 6.05. The molecule has 8 nitrogen and oxygen atoms in total. The van der Waals surface area contributed by atoms with Crippen LogP contribution in [-0.2, 0) is 17.8 Å². The lowest BCUT2D eigenvalue weighted by molar-refractivity contribution is -0.122. The number of aromatic nitrogens is 3. The second-order valence-corrected chi connectivity index (χ2v) is 10.8. The third-order valence-electron chi connectivity index (χ3n) is 6.28. The zero-order valence-electron chi connectivity index (χ0n) is 22.3. The van der Waals surface area contributed by atoms with Crippen molar-refractivity contribution in [3.05, 3.63) is 59.7 Å². The van der Waals surface area contributed by atoms with Gasteiger partial charge in [0.25, 0.3) is 0 Å². The predicted molar refractivity (Wildman–Crippen MR) is 147 cm³/mol.